The summed E-state index contributed by atoms with van der Waals surface area (Å²) >= 11 is 10.8. The SMILES string of the molecule is Nc1cccc(Cl)c1SCc1cc(Br)ccc1F. The molecule has 0 aromatic heterocycles. The minimum absolute atomic E-state index is 0.226. The zero-order chi connectivity index (χ0) is 13.1. The highest BCUT2D eigenvalue weighted by Gasteiger charge is 2.08. The van der Waals surface area contributed by atoms with Crippen molar-refractivity contribution in [3.05, 3.63) is 57.3 Å². The summed E-state index contributed by atoms with van der Waals surface area (Å²) in [6.45, 7) is 0. The summed E-state index contributed by atoms with van der Waals surface area (Å²) in [4.78, 5) is 0.790. The zero-order valence-electron chi connectivity index (χ0n) is 9.29. The lowest BCUT2D eigenvalue weighted by Gasteiger charge is -2.08. The Labute approximate surface area is 123 Å². The van der Waals surface area contributed by atoms with E-state index < -0.39 is 0 Å². The number of hydrogen-bond donors (Lipinski definition) is 1. The minimum Gasteiger partial charge on any atom is -0.398 e. The van der Waals surface area contributed by atoms with Crippen LogP contribution in [0.25, 0.3) is 0 Å². The lowest BCUT2D eigenvalue weighted by atomic mass is 10.2. The molecular weight excluding hydrogens is 337 g/mol. The predicted molar refractivity (Wildman–Crippen MR) is 79.5 cm³/mol. The fraction of sp³-hybridized carbons (Fsp3) is 0.0769. The van der Waals surface area contributed by atoms with Crippen LogP contribution in [-0.4, -0.2) is 0 Å². The average Bonchev–Trinajstić information content (AvgIpc) is 2.33. The maximum Gasteiger partial charge on any atom is 0.127 e. The van der Waals surface area contributed by atoms with E-state index in [9.17, 15) is 4.39 Å². The van der Waals surface area contributed by atoms with Gasteiger partial charge in [-0.3, -0.25) is 0 Å². The molecular formula is C13H10BrClFNS. The second-order valence-electron chi connectivity index (χ2n) is 3.68. The first-order chi connectivity index (χ1) is 8.58. The Hall–Kier alpha value is -0.710. The number of nitrogen functional groups attached to an aromatic ring is 1. The predicted octanol–water partition coefficient (Wildman–Crippen LogP) is 5.12. The number of halogens is 3. The van der Waals surface area contributed by atoms with Crippen molar-refractivity contribution in [3.8, 4) is 0 Å². The van der Waals surface area contributed by atoms with Crippen LogP contribution in [0.3, 0.4) is 0 Å². The first-order valence-corrected chi connectivity index (χ1v) is 7.34. The van der Waals surface area contributed by atoms with Gasteiger partial charge in [0.2, 0.25) is 0 Å². The van der Waals surface area contributed by atoms with Gasteiger partial charge in [-0.1, -0.05) is 33.6 Å². The molecule has 0 heterocycles. The highest BCUT2D eigenvalue weighted by molar-refractivity contribution is 9.10. The molecule has 0 aliphatic carbocycles. The van der Waals surface area contributed by atoms with Gasteiger partial charge in [0.25, 0.3) is 0 Å². The Bertz CT molecular complexity index is 557. The van der Waals surface area contributed by atoms with Gasteiger partial charge < -0.3 is 5.73 Å². The van der Waals surface area contributed by atoms with E-state index in [0.29, 0.717) is 22.0 Å². The van der Waals surface area contributed by atoms with E-state index >= 15 is 0 Å². The van der Waals surface area contributed by atoms with Crippen LogP contribution < -0.4 is 5.73 Å². The molecule has 2 N–H and O–H groups in total. The summed E-state index contributed by atoms with van der Waals surface area (Å²) in [6, 6.07) is 10.2. The van der Waals surface area contributed by atoms with Crippen LogP contribution >= 0.6 is 39.3 Å². The summed E-state index contributed by atoms with van der Waals surface area (Å²) in [5.41, 5.74) is 7.08. The Morgan fingerprint density at radius 2 is 2.06 bits per heavy atom. The Morgan fingerprint density at radius 3 is 2.78 bits per heavy atom. The van der Waals surface area contributed by atoms with Gasteiger partial charge in [0, 0.05) is 20.8 Å². The normalized spacial score (nSPS) is 10.6. The summed E-state index contributed by atoms with van der Waals surface area (Å²) in [5.74, 6) is 0.260. The first-order valence-electron chi connectivity index (χ1n) is 5.18. The van der Waals surface area contributed by atoms with Gasteiger partial charge in [0.05, 0.1) is 5.02 Å². The average molecular weight is 347 g/mol. The summed E-state index contributed by atoms with van der Waals surface area (Å²) in [6.07, 6.45) is 0. The molecule has 2 rings (SSSR count). The number of nitrogens with two attached hydrogens (primary N) is 1. The van der Waals surface area contributed by atoms with Gasteiger partial charge >= 0.3 is 0 Å². The molecule has 0 aliphatic heterocycles. The van der Waals surface area contributed by atoms with Gasteiger partial charge in [0.1, 0.15) is 5.82 Å². The maximum atomic E-state index is 13.6. The van der Waals surface area contributed by atoms with Crippen LogP contribution in [0.5, 0.6) is 0 Å². The van der Waals surface area contributed by atoms with Crippen molar-refractivity contribution < 1.29 is 4.39 Å². The molecule has 0 radical (unpaired) electrons. The van der Waals surface area contributed by atoms with Gasteiger partial charge in [0.15, 0.2) is 0 Å². The molecule has 0 aliphatic rings. The topological polar surface area (TPSA) is 26.0 Å². The van der Waals surface area contributed by atoms with Crippen molar-refractivity contribution in [2.24, 2.45) is 0 Å². The smallest absolute Gasteiger partial charge is 0.127 e. The van der Waals surface area contributed by atoms with Gasteiger partial charge in [-0.2, -0.15) is 0 Å². The van der Waals surface area contributed by atoms with Crippen molar-refractivity contribution in [3.63, 3.8) is 0 Å². The van der Waals surface area contributed by atoms with E-state index in [0.717, 1.165) is 9.37 Å². The molecule has 0 spiro atoms. The molecule has 0 saturated heterocycles. The molecule has 0 fully saturated rings. The van der Waals surface area contributed by atoms with Crippen molar-refractivity contribution in [2.75, 3.05) is 5.73 Å². The molecule has 1 nitrogen and oxygen atoms in total. The third-order valence-corrected chi connectivity index (χ3v) is 4.50. The standard InChI is InChI=1S/C13H10BrClFNS/c14-9-4-5-11(16)8(6-9)7-18-13-10(15)2-1-3-12(13)17/h1-6H,7,17H2. The van der Waals surface area contributed by atoms with E-state index in [4.69, 9.17) is 17.3 Å². The summed E-state index contributed by atoms with van der Waals surface area (Å²) in [7, 11) is 0. The number of rotatable bonds is 3. The Balaban J connectivity index is 2.19. The van der Waals surface area contributed by atoms with E-state index in [1.165, 1.54) is 17.8 Å². The van der Waals surface area contributed by atoms with Gasteiger partial charge in [-0.05, 0) is 35.9 Å². The summed E-state index contributed by atoms with van der Waals surface area (Å²) in [5, 5.41) is 0.593. The van der Waals surface area contributed by atoms with Crippen LogP contribution in [0, 0.1) is 5.82 Å². The minimum atomic E-state index is -0.226. The monoisotopic (exact) mass is 345 g/mol. The molecule has 2 aromatic rings. The fourth-order valence-corrected chi connectivity index (χ4v) is 3.20. The number of anilines is 1. The molecule has 0 bridgehead atoms. The zero-order valence-corrected chi connectivity index (χ0v) is 12.4. The van der Waals surface area contributed by atoms with Crippen molar-refractivity contribution in [1.29, 1.82) is 0 Å². The Kier molecular flexibility index (Phi) is 4.54. The molecule has 5 heteroatoms. The highest BCUT2D eigenvalue weighted by atomic mass is 79.9. The van der Waals surface area contributed by atoms with Crippen LogP contribution in [0.1, 0.15) is 5.56 Å². The maximum absolute atomic E-state index is 13.6. The number of thioether (sulfide) groups is 1. The molecule has 2 aromatic carbocycles. The Morgan fingerprint density at radius 1 is 1.28 bits per heavy atom. The lowest BCUT2D eigenvalue weighted by molar-refractivity contribution is 0.617. The number of benzene rings is 2. The lowest BCUT2D eigenvalue weighted by Crippen LogP contribution is -1.91. The number of hydrogen-bond acceptors (Lipinski definition) is 2. The van der Waals surface area contributed by atoms with Crippen LogP contribution in [-0.2, 0) is 5.75 Å². The van der Waals surface area contributed by atoms with Crippen molar-refractivity contribution in [1.82, 2.24) is 0 Å². The van der Waals surface area contributed by atoms with E-state index in [1.807, 2.05) is 0 Å². The first kappa shape index (κ1) is 13.7. The second-order valence-corrected chi connectivity index (χ2v) is 5.99. The van der Waals surface area contributed by atoms with Crippen LogP contribution in [0.4, 0.5) is 10.1 Å². The van der Waals surface area contributed by atoms with Gasteiger partial charge in [-0.15, -0.1) is 11.8 Å². The quantitative estimate of drug-likeness (QED) is 0.617. The third kappa shape index (κ3) is 3.19. The molecule has 0 unspecified atom stereocenters. The largest absolute Gasteiger partial charge is 0.398 e. The van der Waals surface area contributed by atoms with Gasteiger partial charge in [-0.25, -0.2) is 4.39 Å². The molecule has 0 amide bonds. The third-order valence-electron chi connectivity index (χ3n) is 2.38. The summed E-state index contributed by atoms with van der Waals surface area (Å²) < 4.78 is 14.4. The van der Waals surface area contributed by atoms with E-state index in [2.05, 4.69) is 15.9 Å². The highest BCUT2D eigenvalue weighted by Crippen LogP contribution is 2.35. The van der Waals surface area contributed by atoms with Crippen LogP contribution in [0.2, 0.25) is 5.02 Å². The molecule has 18 heavy (non-hydrogen) atoms. The van der Waals surface area contributed by atoms with Crippen LogP contribution in [0.15, 0.2) is 45.8 Å². The van der Waals surface area contributed by atoms with E-state index in [-0.39, 0.29) is 5.82 Å². The van der Waals surface area contributed by atoms with E-state index in [1.54, 1.807) is 30.3 Å². The van der Waals surface area contributed by atoms with Crippen molar-refractivity contribution in [2.45, 2.75) is 10.6 Å². The van der Waals surface area contributed by atoms with Crippen molar-refractivity contribution >= 4 is 45.0 Å². The second kappa shape index (κ2) is 5.95. The fourth-order valence-electron chi connectivity index (χ4n) is 1.48. The molecule has 94 valence electrons. The molecule has 0 atom stereocenters. The molecule has 0 saturated carbocycles.